The average molecular weight is 371 g/mol. The standard InChI is InChI=1S/C15H18NO8P/c1-8(9-3-2-4-10(17)5-9)15(20,21)14-12(16-25(22,23)24)6-11(18)7-13(14)19/h2-8,14,17-18,20-21H,1H3,(H3,16,22,23,24). The van der Waals surface area contributed by atoms with Crippen LogP contribution in [0.5, 0.6) is 5.75 Å². The maximum Gasteiger partial charge on any atom is 0.427 e. The number of aromatic hydroxyl groups is 1. The summed E-state index contributed by atoms with van der Waals surface area (Å²) in [6.45, 7) is 1.37. The lowest BCUT2D eigenvalue weighted by Crippen LogP contribution is -2.49. The molecule has 1 aromatic rings. The Morgan fingerprint density at radius 1 is 1.20 bits per heavy atom. The highest BCUT2D eigenvalue weighted by Crippen LogP contribution is 2.41. The number of carbonyl (C=O) groups is 1. The van der Waals surface area contributed by atoms with Gasteiger partial charge < -0.3 is 30.2 Å². The summed E-state index contributed by atoms with van der Waals surface area (Å²) in [5.41, 5.74) is -0.248. The van der Waals surface area contributed by atoms with E-state index in [1.807, 2.05) is 0 Å². The fraction of sp³-hybridized carbons (Fsp3) is 0.267. The minimum absolute atomic E-state index is 0.128. The van der Waals surface area contributed by atoms with E-state index in [0.29, 0.717) is 0 Å². The van der Waals surface area contributed by atoms with Crippen molar-refractivity contribution in [3.05, 3.63) is 53.4 Å². The third kappa shape index (κ3) is 4.28. The zero-order chi connectivity index (χ0) is 19.0. The minimum atomic E-state index is -4.88. The van der Waals surface area contributed by atoms with Crippen LogP contribution in [0.1, 0.15) is 18.4 Å². The topological polar surface area (TPSA) is 168 Å². The van der Waals surface area contributed by atoms with E-state index < -0.39 is 42.6 Å². The van der Waals surface area contributed by atoms with Gasteiger partial charge in [0.1, 0.15) is 17.4 Å². The number of phenolic OH excluding ortho intramolecular Hbond substituents is 1. The smallest absolute Gasteiger partial charge is 0.427 e. The van der Waals surface area contributed by atoms with Gasteiger partial charge in [0.05, 0.1) is 0 Å². The number of benzene rings is 1. The number of carbonyl (C=O) groups excluding carboxylic acids is 1. The summed E-state index contributed by atoms with van der Waals surface area (Å²) in [4.78, 5) is 30.3. The van der Waals surface area contributed by atoms with Crippen LogP contribution < -0.4 is 5.09 Å². The largest absolute Gasteiger partial charge is 0.508 e. The molecule has 0 saturated carbocycles. The van der Waals surface area contributed by atoms with Gasteiger partial charge in [0.15, 0.2) is 11.6 Å². The fourth-order valence-corrected chi connectivity index (χ4v) is 3.19. The van der Waals surface area contributed by atoms with Crippen molar-refractivity contribution >= 4 is 13.5 Å². The van der Waals surface area contributed by atoms with Crippen LogP contribution in [0, 0.1) is 5.92 Å². The molecule has 7 N–H and O–H groups in total. The number of rotatable bonds is 5. The lowest BCUT2D eigenvalue weighted by atomic mass is 9.78. The van der Waals surface area contributed by atoms with E-state index in [9.17, 15) is 29.8 Å². The molecular formula is C15H18NO8P. The van der Waals surface area contributed by atoms with E-state index in [0.717, 1.165) is 12.2 Å². The van der Waals surface area contributed by atoms with Crippen LogP contribution in [-0.2, 0) is 9.36 Å². The lowest BCUT2D eigenvalue weighted by Gasteiger charge is -2.37. The first-order chi connectivity index (χ1) is 11.4. The molecule has 0 saturated heterocycles. The molecule has 1 aliphatic carbocycles. The molecule has 0 aliphatic heterocycles. The summed E-state index contributed by atoms with van der Waals surface area (Å²) in [6.07, 6.45) is 1.56. The van der Waals surface area contributed by atoms with Crippen molar-refractivity contribution in [2.45, 2.75) is 18.6 Å². The molecule has 0 heterocycles. The van der Waals surface area contributed by atoms with Crippen molar-refractivity contribution < 1.29 is 39.6 Å². The summed E-state index contributed by atoms with van der Waals surface area (Å²) in [6, 6.07) is 5.61. The van der Waals surface area contributed by atoms with Crippen LogP contribution in [0.2, 0.25) is 0 Å². The van der Waals surface area contributed by atoms with Crippen molar-refractivity contribution in [1.29, 1.82) is 0 Å². The Bertz CT molecular complexity index is 794. The molecule has 10 heteroatoms. The van der Waals surface area contributed by atoms with E-state index in [1.165, 1.54) is 31.2 Å². The highest BCUT2D eigenvalue weighted by atomic mass is 31.2. The molecule has 2 unspecified atom stereocenters. The van der Waals surface area contributed by atoms with E-state index >= 15 is 0 Å². The summed E-state index contributed by atoms with van der Waals surface area (Å²) in [7, 11) is -4.88. The first-order valence-electron chi connectivity index (χ1n) is 7.15. The number of phenols is 1. The zero-order valence-corrected chi connectivity index (χ0v) is 14.0. The van der Waals surface area contributed by atoms with E-state index in [2.05, 4.69) is 0 Å². The van der Waals surface area contributed by atoms with Crippen LogP contribution in [0.15, 0.2) is 47.9 Å². The predicted molar refractivity (Wildman–Crippen MR) is 86.2 cm³/mol. The number of hydrogen-bond donors (Lipinski definition) is 7. The molecule has 0 spiro atoms. The van der Waals surface area contributed by atoms with E-state index in [1.54, 1.807) is 5.09 Å². The molecule has 1 aliphatic rings. The maximum absolute atomic E-state index is 12.2. The van der Waals surface area contributed by atoms with Gasteiger partial charge in [-0.25, -0.2) is 4.57 Å². The average Bonchev–Trinajstić information content (AvgIpc) is 2.43. The molecule has 25 heavy (non-hydrogen) atoms. The lowest BCUT2D eigenvalue weighted by molar-refractivity contribution is -0.204. The molecule has 1 aromatic carbocycles. The van der Waals surface area contributed by atoms with Crippen LogP contribution in [0.4, 0.5) is 0 Å². The van der Waals surface area contributed by atoms with Crippen molar-refractivity contribution in [2.24, 2.45) is 5.92 Å². The first-order valence-corrected chi connectivity index (χ1v) is 8.76. The predicted octanol–water partition coefficient (Wildman–Crippen LogP) is 0.384. The molecule has 0 amide bonds. The Morgan fingerprint density at radius 2 is 1.84 bits per heavy atom. The number of hydrogen-bond acceptors (Lipinski definition) is 6. The molecule has 2 atom stereocenters. The van der Waals surface area contributed by atoms with Crippen molar-refractivity contribution in [3.8, 4) is 5.75 Å². The summed E-state index contributed by atoms with van der Waals surface area (Å²) in [5.74, 6) is -7.34. The van der Waals surface area contributed by atoms with Gasteiger partial charge in [-0.3, -0.25) is 9.88 Å². The highest BCUT2D eigenvalue weighted by molar-refractivity contribution is 7.49. The SMILES string of the molecule is CC(c1cccc(O)c1)C(O)(O)C1C(=O)C=C(O)C=C1NP(=O)(O)O. The maximum atomic E-state index is 12.2. The van der Waals surface area contributed by atoms with Crippen molar-refractivity contribution in [2.75, 3.05) is 0 Å². The van der Waals surface area contributed by atoms with Gasteiger partial charge in [-0.05, 0) is 17.7 Å². The Balaban J connectivity index is 2.45. The van der Waals surface area contributed by atoms with Crippen molar-refractivity contribution in [1.82, 2.24) is 5.09 Å². The normalized spacial score (nSPS) is 19.9. The van der Waals surface area contributed by atoms with Gasteiger partial charge in [0, 0.05) is 23.8 Å². The summed E-state index contributed by atoms with van der Waals surface area (Å²) >= 11 is 0. The first kappa shape index (κ1) is 19.2. The zero-order valence-electron chi connectivity index (χ0n) is 13.1. The van der Waals surface area contributed by atoms with Gasteiger partial charge >= 0.3 is 7.75 Å². The quantitative estimate of drug-likeness (QED) is 0.286. The Kier molecular flexibility index (Phi) is 5.08. The second kappa shape index (κ2) is 6.62. The van der Waals surface area contributed by atoms with Crippen LogP contribution >= 0.6 is 7.75 Å². The monoisotopic (exact) mass is 371 g/mol. The van der Waals surface area contributed by atoms with Crippen LogP contribution in [-0.4, -0.2) is 41.8 Å². The van der Waals surface area contributed by atoms with E-state index in [4.69, 9.17) is 9.79 Å². The molecule has 0 aromatic heterocycles. The second-order valence-corrected chi connectivity index (χ2v) is 7.07. The molecule has 9 nitrogen and oxygen atoms in total. The van der Waals surface area contributed by atoms with Gasteiger partial charge in [0.2, 0.25) is 0 Å². The molecule has 0 fully saturated rings. The third-order valence-electron chi connectivity index (χ3n) is 3.90. The number of allylic oxidation sites excluding steroid dienone is 2. The second-order valence-electron chi connectivity index (χ2n) is 5.76. The summed E-state index contributed by atoms with van der Waals surface area (Å²) < 4.78 is 11.2. The molecule has 136 valence electrons. The van der Waals surface area contributed by atoms with Crippen molar-refractivity contribution in [3.63, 3.8) is 0 Å². The van der Waals surface area contributed by atoms with Gasteiger partial charge in [-0.2, -0.15) is 0 Å². The minimum Gasteiger partial charge on any atom is -0.508 e. The number of ketones is 1. The number of aliphatic hydroxyl groups excluding tert-OH is 1. The van der Waals surface area contributed by atoms with Gasteiger partial charge in [-0.1, -0.05) is 19.1 Å². The van der Waals surface area contributed by atoms with Gasteiger partial charge in [-0.15, -0.1) is 0 Å². The third-order valence-corrected chi connectivity index (χ3v) is 4.45. The highest BCUT2D eigenvalue weighted by Gasteiger charge is 2.48. The fourth-order valence-electron chi connectivity index (χ4n) is 2.66. The van der Waals surface area contributed by atoms with Crippen LogP contribution in [0.3, 0.4) is 0 Å². The van der Waals surface area contributed by atoms with E-state index in [-0.39, 0.29) is 11.3 Å². The molecular weight excluding hydrogens is 353 g/mol. The molecule has 0 radical (unpaired) electrons. The van der Waals surface area contributed by atoms with Crippen LogP contribution in [0.25, 0.3) is 0 Å². The van der Waals surface area contributed by atoms with Gasteiger partial charge in [0.25, 0.3) is 0 Å². The number of aliphatic hydroxyl groups is 3. The summed E-state index contributed by atoms with van der Waals surface area (Å²) in [5, 5.41) is 41.9. The number of nitrogens with one attached hydrogen (secondary N) is 1. The Morgan fingerprint density at radius 3 is 2.40 bits per heavy atom. The Hall–Kier alpha value is -2.16. The Labute approximate surface area is 142 Å². The molecule has 0 bridgehead atoms. The molecule has 2 rings (SSSR count).